The first-order valence-electron chi connectivity index (χ1n) is 4.52. The van der Waals surface area contributed by atoms with E-state index in [1.54, 1.807) is 12.3 Å². The molecule has 0 aliphatic carbocycles. The number of rotatable bonds is 1. The first-order chi connectivity index (χ1) is 6.36. The van der Waals surface area contributed by atoms with Crippen molar-refractivity contribution in [1.82, 2.24) is 15.6 Å². The molecule has 13 heavy (non-hydrogen) atoms. The van der Waals surface area contributed by atoms with Crippen molar-refractivity contribution in [2.24, 2.45) is 0 Å². The molecule has 0 radical (unpaired) electrons. The molecule has 1 saturated heterocycles. The fraction of sp³-hybridized carbons (Fsp3) is 0.444. The summed E-state index contributed by atoms with van der Waals surface area (Å²) < 4.78 is 0. The van der Waals surface area contributed by atoms with Crippen molar-refractivity contribution >= 4 is 5.69 Å². The fourth-order valence-electron chi connectivity index (χ4n) is 1.52. The highest BCUT2D eigenvalue weighted by atomic mass is 15.1. The van der Waals surface area contributed by atoms with Crippen molar-refractivity contribution in [1.29, 1.82) is 0 Å². The van der Waals surface area contributed by atoms with Crippen LogP contribution in [0, 0.1) is 0 Å². The lowest BCUT2D eigenvalue weighted by molar-refractivity contribution is 0.423. The zero-order valence-electron chi connectivity index (χ0n) is 7.46. The molecule has 0 aromatic carbocycles. The van der Waals surface area contributed by atoms with E-state index in [2.05, 4.69) is 15.6 Å². The Hall–Kier alpha value is -1.13. The summed E-state index contributed by atoms with van der Waals surface area (Å²) in [6, 6.07) is 4.03. The van der Waals surface area contributed by atoms with Crippen LogP contribution >= 0.6 is 0 Å². The van der Waals surface area contributed by atoms with Crippen LogP contribution in [0.15, 0.2) is 18.3 Å². The van der Waals surface area contributed by atoms with Crippen LogP contribution < -0.4 is 16.4 Å². The number of hydrogen-bond acceptors (Lipinski definition) is 4. The number of pyridine rings is 1. The number of nitrogens with one attached hydrogen (secondary N) is 2. The molecule has 0 bridgehead atoms. The van der Waals surface area contributed by atoms with Crippen LogP contribution in [0.25, 0.3) is 0 Å². The standard InChI is InChI=1S/C9H14N4/c10-7-1-2-12-8(5-7)9-6-11-3-4-13-9/h1-2,5,9,11,13H,3-4,6H2,(H2,10,12)/t9-/m1/s1. The van der Waals surface area contributed by atoms with Gasteiger partial charge in [-0.2, -0.15) is 0 Å². The molecule has 2 heterocycles. The van der Waals surface area contributed by atoms with Gasteiger partial charge in [0.2, 0.25) is 0 Å². The first-order valence-corrected chi connectivity index (χ1v) is 4.52. The van der Waals surface area contributed by atoms with Crippen LogP contribution in [0.3, 0.4) is 0 Å². The summed E-state index contributed by atoms with van der Waals surface area (Å²) in [6.45, 7) is 2.94. The van der Waals surface area contributed by atoms with Crippen molar-refractivity contribution in [3.8, 4) is 0 Å². The van der Waals surface area contributed by atoms with Gasteiger partial charge in [0.1, 0.15) is 0 Å². The molecule has 1 aliphatic rings. The summed E-state index contributed by atoms with van der Waals surface area (Å²) in [5, 5.41) is 6.69. The van der Waals surface area contributed by atoms with Crippen molar-refractivity contribution in [3.63, 3.8) is 0 Å². The maximum absolute atomic E-state index is 5.68. The Morgan fingerprint density at radius 2 is 2.38 bits per heavy atom. The van der Waals surface area contributed by atoms with E-state index in [0.717, 1.165) is 31.0 Å². The molecular weight excluding hydrogens is 164 g/mol. The summed E-state index contributed by atoms with van der Waals surface area (Å²) >= 11 is 0. The zero-order valence-corrected chi connectivity index (χ0v) is 7.46. The number of nitrogens with zero attached hydrogens (tertiary/aromatic N) is 1. The molecule has 1 aliphatic heterocycles. The molecule has 2 rings (SSSR count). The highest BCUT2D eigenvalue weighted by molar-refractivity contribution is 5.38. The second-order valence-corrected chi connectivity index (χ2v) is 3.22. The third-order valence-corrected chi connectivity index (χ3v) is 2.20. The van der Waals surface area contributed by atoms with Crippen LogP contribution in [0.2, 0.25) is 0 Å². The van der Waals surface area contributed by atoms with E-state index in [0.29, 0.717) is 6.04 Å². The summed E-state index contributed by atoms with van der Waals surface area (Å²) in [5.41, 5.74) is 7.47. The fourth-order valence-corrected chi connectivity index (χ4v) is 1.52. The van der Waals surface area contributed by atoms with E-state index in [4.69, 9.17) is 5.73 Å². The lowest BCUT2D eigenvalue weighted by Crippen LogP contribution is -2.42. The second-order valence-electron chi connectivity index (χ2n) is 3.22. The Bertz CT molecular complexity index is 281. The van der Waals surface area contributed by atoms with E-state index >= 15 is 0 Å². The number of hydrogen-bond donors (Lipinski definition) is 3. The number of piperazine rings is 1. The van der Waals surface area contributed by atoms with E-state index in [-0.39, 0.29) is 0 Å². The number of nitrogen functional groups attached to an aromatic ring is 1. The first kappa shape index (κ1) is 8.47. The van der Waals surface area contributed by atoms with Crippen molar-refractivity contribution in [2.75, 3.05) is 25.4 Å². The normalized spacial score (nSPS) is 22.9. The van der Waals surface area contributed by atoms with Crippen molar-refractivity contribution < 1.29 is 0 Å². The van der Waals surface area contributed by atoms with Gasteiger partial charge < -0.3 is 16.4 Å². The molecule has 0 spiro atoms. The molecule has 4 N–H and O–H groups in total. The summed E-state index contributed by atoms with van der Waals surface area (Å²) in [4.78, 5) is 4.28. The molecule has 1 atom stereocenters. The molecule has 4 heteroatoms. The van der Waals surface area contributed by atoms with Crippen molar-refractivity contribution in [3.05, 3.63) is 24.0 Å². The molecule has 1 fully saturated rings. The molecule has 0 amide bonds. The summed E-state index contributed by atoms with van der Waals surface area (Å²) in [6.07, 6.45) is 1.75. The zero-order chi connectivity index (χ0) is 9.10. The second kappa shape index (κ2) is 3.72. The molecule has 0 unspecified atom stereocenters. The molecule has 1 aromatic rings. The average molecular weight is 178 g/mol. The lowest BCUT2D eigenvalue weighted by Gasteiger charge is -2.23. The Morgan fingerprint density at radius 3 is 3.08 bits per heavy atom. The number of aromatic nitrogens is 1. The largest absolute Gasteiger partial charge is 0.399 e. The van der Waals surface area contributed by atoms with Gasteiger partial charge in [-0.15, -0.1) is 0 Å². The van der Waals surface area contributed by atoms with Gasteiger partial charge >= 0.3 is 0 Å². The van der Waals surface area contributed by atoms with Gasteiger partial charge in [0.15, 0.2) is 0 Å². The highest BCUT2D eigenvalue weighted by Crippen LogP contribution is 2.13. The minimum atomic E-state index is 0.303. The summed E-state index contributed by atoms with van der Waals surface area (Å²) in [5.74, 6) is 0. The van der Waals surface area contributed by atoms with Crippen LogP contribution in [-0.2, 0) is 0 Å². The topological polar surface area (TPSA) is 63.0 Å². The van der Waals surface area contributed by atoms with Crippen molar-refractivity contribution in [2.45, 2.75) is 6.04 Å². The number of nitrogens with two attached hydrogens (primary N) is 1. The molecular formula is C9H14N4. The van der Waals surface area contributed by atoms with Gasteiger partial charge in [-0.3, -0.25) is 4.98 Å². The third-order valence-electron chi connectivity index (χ3n) is 2.20. The minimum absolute atomic E-state index is 0.303. The SMILES string of the molecule is Nc1ccnc([C@H]2CNCCN2)c1. The van der Waals surface area contributed by atoms with Crippen LogP contribution in [0.4, 0.5) is 5.69 Å². The maximum atomic E-state index is 5.68. The van der Waals surface area contributed by atoms with Gasteiger partial charge in [0, 0.05) is 31.5 Å². The molecule has 0 saturated carbocycles. The van der Waals surface area contributed by atoms with E-state index in [1.807, 2.05) is 6.07 Å². The third kappa shape index (κ3) is 1.96. The van der Waals surface area contributed by atoms with Crippen LogP contribution in [-0.4, -0.2) is 24.6 Å². The predicted octanol–water partition coefficient (Wildman–Crippen LogP) is -0.102. The van der Waals surface area contributed by atoms with Crippen LogP contribution in [0.5, 0.6) is 0 Å². The monoisotopic (exact) mass is 178 g/mol. The highest BCUT2D eigenvalue weighted by Gasteiger charge is 2.14. The maximum Gasteiger partial charge on any atom is 0.0623 e. The Balaban J connectivity index is 2.14. The number of anilines is 1. The van der Waals surface area contributed by atoms with Gasteiger partial charge in [-0.05, 0) is 12.1 Å². The van der Waals surface area contributed by atoms with E-state index in [1.165, 1.54) is 0 Å². The Kier molecular flexibility index (Phi) is 2.42. The lowest BCUT2D eigenvalue weighted by atomic mass is 10.1. The average Bonchev–Trinajstić information content (AvgIpc) is 2.19. The molecule has 1 aromatic heterocycles. The quantitative estimate of drug-likeness (QED) is 0.562. The van der Waals surface area contributed by atoms with Gasteiger partial charge in [-0.1, -0.05) is 0 Å². The molecule has 70 valence electrons. The van der Waals surface area contributed by atoms with Gasteiger partial charge in [0.25, 0.3) is 0 Å². The molecule has 4 nitrogen and oxygen atoms in total. The van der Waals surface area contributed by atoms with Crippen LogP contribution in [0.1, 0.15) is 11.7 Å². The van der Waals surface area contributed by atoms with E-state index in [9.17, 15) is 0 Å². The predicted molar refractivity (Wildman–Crippen MR) is 52.3 cm³/mol. The minimum Gasteiger partial charge on any atom is -0.399 e. The summed E-state index contributed by atoms with van der Waals surface area (Å²) in [7, 11) is 0. The van der Waals surface area contributed by atoms with Gasteiger partial charge in [0.05, 0.1) is 11.7 Å². The van der Waals surface area contributed by atoms with E-state index < -0.39 is 0 Å². The van der Waals surface area contributed by atoms with Gasteiger partial charge in [-0.25, -0.2) is 0 Å². The smallest absolute Gasteiger partial charge is 0.0623 e. The Labute approximate surface area is 77.5 Å². The Morgan fingerprint density at radius 1 is 1.46 bits per heavy atom.